The average Bonchev–Trinajstić information content (AvgIpc) is 2.72. The maximum atomic E-state index is 13.8. The van der Waals surface area contributed by atoms with E-state index >= 15 is 0 Å². The van der Waals surface area contributed by atoms with Gasteiger partial charge in [-0.05, 0) is 23.7 Å². The normalized spacial score (nSPS) is 14.9. The van der Waals surface area contributed by atoms with Gasteiger partial charge < -0.3 is 5.32 Å². The van der Waals surface area contributed by atoms with Crippen LogP contribution in [0.25, 0.3) is 0 Å². The molecule has 1 N–H and O–H groups in total. The molecular formula is C15H4ClF17N2O3. The van der Waals surface area contributed by atoms with Gasteiger partial charge in [0.1, 0.15) is 0 Å². The molecule has 0 fully saturated rings. The third-order valence-corrected chi connectivity index (χ3v) is 4.65. The smallest absolute Gasteiger partial charge is 0.320 e. The lowest BCUT2D eigenvalue weighted by molar-refractivity contribution is -0.445. The number of rotatable bonds is 10. The van der Waals surface area contributed by atoms with Crippen LogP contribution in [0.3, 0.4) is 0 Å². The summed E-state index contributed by atoms with van der Waals surface area (Å²) >= 11 is 3.39. The first kappa shape index (κ1) is 33.2. The molecule has 0 heterocycles. The topological polar surface area (TPSA) is 72.2 Å². The van der Waals surface area contributed by atoms with Crippen LogP contribution < -0.4 is 5.32 Å². The van der Waals surface area contributed by atoms with Crippen molar-refractivity contribution in [3.63, 3.8) is 0 Å². The van der Waals surface area contributed by atoms with E-state index in [9.17, 15) is 89.5 Å². The van der Waals surface area contributed by atoms with E-state index in [1.807, 2.05) is 0 Å². The van der Waals surface area contributed by atoms with Crippen molar-refractivity contribution < 1.29 is 84.4 Å². The summed E-state index contributed by atoms with van der Waals surface area (Å²) in [4.78, 5) is 20.3. The third-order valence-electron chi connectivity index (χ3n) is 4.41. The van der Waals surface area contributed by atoms with Crippen molar-refractivity contribution in [2.75, 3.05) is 5.32 Å². The highest BCUT2D eigenvalue weighted by atomic mass is 35.5. The fourth-order valence-electron chi connectivity index (χ4n) is 2.25. The number of nitro groups is 1. The average molecular weight is 619 g/mol. The summed E-state index contributed by atoms with van der Waals surface area (Å²) in [5, 5.41) is 4.05. The number of alkyl halides is 17. The molecule has 0 radical (unpaired) electrons. The number of carbonyl (C=O) groups excluding carboxylic acids is 1. The van der Waals surface area contributed by atoms with Gasteiger partial charge in [0, 0.05) is 11.8 Å². The fraction of sp³-hybridized carbons (Fsp3) is 0.533. The summed E-state index contributed by atoms with van der Waals surface area (Å²) in [6.07, 6.45) is 0. The van der Waals surface area contributed by atoms with E-state index in [0.29, 0.717) is 5.32 Å². The van der Waals surface area contributed by atoms with Gasteiger partial charge in [-0.2, -0.15) is 74.6 Å². The molecule has 0 saturated heterocycles. The van der Waals surface area contributed by atoms with Crippen molar-refractivity contribution in [1.29, 1.82) is 0 Å². The quantitative estimate of drug-likeness (QED) is 0.134. The Kier molecular flexibility index (Phi) is 7.99. The van der Waals surface area contributed by atoms with Crippen LogP contribution in [0, 0.1) is 15.9 Å². The van der Waals surface area contributed by atoms with Crippen LogP contribution in [-0.2, 0) is 4.79 Å². The van der Waals surface area contributed by atoms with Crippen LogP contribution in [-0.4, -0.2) is 57.7 Å². The highest BCUT2D eigenvalue weighted by molar-refractivity contribution is 6.22. The Morgan fingerprint density at radius 2 is 1.08 bits per heavy atom. The van der Waals surface area contributed by atoms with Crippen LogP contribution in [0.15, 0.2) is 18.2 Å². The number of nitrogens with one attached hydrogen (secondary N) is 1. The molecule has 0 atom stereocenters. The minimum absolute atomic E-state index is 0.0117. The summed E-state index contributed by atoms with van der Waals surface area (Å²) < 4.78 is 228. The molecule has 0 aromatic heterocycles. The van der Waals surface area contributed by atoms with E-state index in [2.05, 4.69) is 11.6 Å². The minimum atomic E-state index is -8.77. The second kappa shape index (κ2) is 9.14. The summed E-state index contributed by atoms with van der Waals surface area (Å²) in [5.41, 5.74) is -3.19. The Hall–Kier alpha value is -2.81. The monoisotopic (exact) mass is 618 g/mol. The SMILES string of the molecule is O=C(Nc1ccc(F)c([N+](=O)[O-])c1)C(F)(F)C(F)(F)C(F)(F)C(F)(F)C(F)(F)C(F)(F)C(F)(F)C(F)(F)Cl. The number of amides is 1. The maximum Gasteiger partial charge on any atom is 0.393 e. The van der Waals surface area contributed by atoms with Gasteiger partial charge in [-0.15, -0.1) is 0 Å². The van der Waals surface area contributed by atoms with Gasteiger partial charge in [0.25, 0.3) is 0 Å². The van der Waals surface area contributed by atoms with Gasteiger partial charge >= 0.3 is 58.4 Å². The van der Waals surface area contributed by atoms with Crippen LogP contribution in [0.4, 0.5) is 86.0 Å². The molecule has 5 nitrogen and oxygen atoms in total. The molecule has 0 aliphatic rings. The molecular weight excluding hydrogens is 615 g/mol. The Morgan fingerprint density at radius 1 is 0.711 bits per heavy atom. The van der Waals surface area contributed by atoms with E-state index in [0.717, 1.165) is 0 Å². The van der Waals surface area contributed by atoms with E-state index < -0.39 is 74.9 Å². The molecule has 0 spiro atoms. The molecule has 1 aromatic rings. The number of nitrogens with zero attached hydrogens (tertiary/aromatic N) is 1. The lowest BCUT2D eigenvalue weighted by atomic mass is 9.89. The molecule has 0 unspecified atom stereocenters. The Morgan fingerprint density at radius 3 is 1.45 bits per heavy atom. The Bertz CT molecular complexity index is 1100. The second-order valence-electron chi connectivity index (χ2n) is 6.90. The number of hydrogen-bond donors (Lipinski definition) is 1. The lowest BCUT2D eigenvalue weighted by Gasteiger charge is -2.42. The molecule has 38 heavy (non-hydrogen) atoms. The number of halogens is 18. The fourth-order valence-corrected chi connectivity index (χ4v) is 2.37. The first-order chi connectivity index (χ1) is 16.5. The molecule has 0 aliphatic heterocycles. The molecule has 1 amide bonds. The number of hydrogen-bond acceptors (Lipinski definition) is 3. The van der Waals surface area contributed by atoms with E-state index in [-0.39, 0.29) is 18.2 Å². The number of carbonyl (C=O) groups is 1. The zero-order valence-electron chi connectivity index (χ0n) is 16.7. The maximum absolute atomic E-state index is 13.8. The number of benzene rings is 1. The van der Waals surface area contributed by atoms with Crippen LogP contribution in [0.1, 0.15) is 0 Å². The van der Waals surface area contributed by atoms with Gasteiger partial charge in [0.2, 0.25) is 5.82 Å². The van der Waals surface area contributed by atoms with Gasteiger partial charge in [-0.3, -0.25) is 14.9 Å². The van der Waals surface area contributed by atoms with Crippen LogP contribution >= 0.6 is 11.6 Å². The largest absolute Gasteiger partial charge is 0.393 e. The Labute approximate surface area is 200 Å². The molecule has 0 aliphatic carbocycles. The summed E-state index contributed by atoms with van der Waals surface area (Å²) in [6, 6.07) is -0.177. The van der Waals surface area contributed by atoms with E-state index in [4.69, 9.17) is 0 Å². The zero-order chi connectivity index (χ0) is 30.7. The Balaban J connectivity index is 3.60. The van der Waals surface area contributed by atoms with Gasteiger partial charge in [-0.1, -0.05) is 0 Å². The summed E-state index contributed by atoms with van der Waals surface area (Å²) in [7, 11) is 0. The highest BCUT2D eigenvalue weighted by Gasteiger charge is 2.95. The second-order valence-corrected chi connectivity index (χ2v) is 7.37. The van der Waals surface area contributed by atoms with E-state index in [1.54, 1.807) is 0 Å². The third kappa shape index (κ3) is 4.52. The predicted octanol–water partition coefficient (Wildman–Crippen LogP) is 6.95. The van der Waals surface area contributed by atoms with Crippen molar-refractivity contribution in [3.8, 4) is 0 Å². The first-order valence-corrected chi connectivity index (χ1v) is 8.81. The highest BCUT2D eigenvalue weighted by Crippen LogP contribution is 2.64. The van der Waals surface area contributed by atoms with Crippen LogP contribution in [0.2, 0.25) is 0 Å². The van der Waals surface area contributed by atoms with Gasteiger partial charge in [-0.25, -0.2) is 0 Å². The van der Waals surface area contributed by atoms with Crippen molar-refractivity contribution in [1.82, 2.24) is 0 Å². The van der Waals surface area contributed by atoms with Crippen molar-refractivity contribution >= 4 is 28.9 Å². The minimum Gasteiger partial charge on any atom is -0.320 e. The summed E-state index contributed by atoms with van der Waals surface area (Å²) in [5.74, 6) is -63.7. The summed E-state index contributed by atoms with van der Waals surface area (Å²) in [6.45, 7) is 0. The van der Waals surface area contributed by atoms with Gasteiger partial charge in [0.05, 0.1) is 4.92 Å². The van der Waals surface area contributed by atoms with Crippen molar-refractivity contribution in [2.45, 2.75) is 46.8 Å². The molecule has 0 bridgehead atoms. The van der Waals surface area contributed by atoms with E-state index in [1.165, 1.54) is 0 Å². The molecule has 0 saturated carbocycles. The number of nitro benzene ring substituents is 1. The molecule has 218 valence electrons. The van der Waals surface area contributed by atoms with Gasteiger partial charge in [0.15, 0.2) is 0 Å². The standard InChI is InChI=1S/C15H4ClF17N2O3/c16-15(32,33)14(30,31)13(28,29)12(26,27)11(24,25)10(22,23)9(20,21)8(18,19)7(36)34-4-1-2-5(17)6(3-4)35(37)38/h1-3H,(H,34,36). The zero-order valence-corrected chi connectivity index (χ0v) is 17.5. The first-order valence-electron chi connectivity index (χ1n) is 8.43. The lowest BCUT2D eigenvalue weighted by Crippen LogP contribution is -2.75. The molecule has 1 aromatic carbocycles. The molecule has 1 rings (SSSR count). The molecule has 23 heteroatoms. The predicted molar refractivity (Wildman–Crippen MR) is 87.1 cm³/mol. The number of anilines is 1. The van der Waals surface area contributed by atoms with Crippen molar-refractivity contribution in [3.05, 3.63) is 34.1 Å². The van der Waals surface area contributed by atoms with Crippen molar-refractivity contribution in [2.24, 2.45) is 0 Å². The van der Waals surface area contributed by atoms with Crippen LogP contribution in [0.5, 0.6) is 0 Å².